The highest BCUT2D eigenvalue weighted by atomic mass is 16.5. The lowest BCUT2D eigenvalue weighted by molar-refractivity contribution is -0.141. The van der Waals surface area contributed by atoms with Crippen LogP contribution < -0.4 is 10.1 Å². The number of para-hydroxylation sites is 1. The van der Waals surface area contributed by atoms with Gasteiger partial charge >= 0.3 is 5.97 Å². The third-order valence-electron chi connectivity index (χ3n) is 2.51. The van der Waals surface area contributed by atoms with E-state index in [1.165, 1.54) is 7.11 Å². The largest absolute Gasteiger partial charge is 0.493 e. The molecule has 5 heteroatoms. The maximum Gasteiger partial charge on any atom is 0.307 e. The van der Waals surface area contributed by atoms with E-state index in [2.05, 4.69) is 10.1 Å². The molecule has 0 bridgehead atoms. The standard InChI is InChI=1S/C14H19NO4/c1-4-19-12-8-6-5-7-11(12)14(17)15-10(2)9-13(16)18-3/h5-8,10H,4,9H2,1-3H3,(H,15,17)/t10-/m0/s1. The Morgan fingerprint density at radius 1 is 1.32 bits per heavy atom. The highest BCUT2D eigenvalue weighted by Crippen LogP contribution is 2.17. The Morgan fingerprint density at radius 3 is 2.63 bits per heavy atom. The van der Waals surface area contributed by atoms with Gasteiger partial charge in [-0.3, -0.25) is 9.59 Å². The predicted octanol–water partition coefficient (Wildman–Crippen LogP) is 1.77. The SMILES string of the molecule is CCOc1ccccc1C(=O)N[C@@H](C)CC(=O)OC. The van der Waals surface area contributed by atoms with E-state index in [9.17, 15) is 9.59 Å². The van der Waals surface area contributed by atoms with Gasteiger partial charge in [0.1, 0.15) is 5.75 Å². The number of hydrogen-bond acceptors (Lipinski definition) is 4. The van der Waals surface area contributed by atoms with Crippen molar-refractivity contribution in [3.8, 4) is 5.75 Å². The van der Waals surface area contributed by atoms with Crippen molar-refractivity contribution in [2.45, 2.75) is 26.3 Å². The molecule has 0 fully saturated rings. The Hall–Kier alpha value is -2.04. The normalized spacial score (nSPS) is 11.5. The van der Waals surface area contributed by atoms with Crippen molar-refractivity contribution in [2.75, 3.05) is 13.7 Å². The molecule has 0 saturated heterocycles. The fraction of sp³-hybridized carbons (Fsp3) is 0.429. The summed E-state index contributed by atoms with van der Waals surface area (Å²) in [5.74, 6) is -0.0842. The van der Waals surface area contributed by atoms with Crippen molar-refractivity contribution in [2.24, 2.45) is 0 Å². The maximum atomic E-state index is 12.1. The van der Waals surface area contributed by atoms with E-state index in [0.717, 1.165) is 0 Å². The lowest BCUT2D eigenvalue weighted by Gasteiger charge is -2.14. The number of nitrogens with one attached hydrogen (secondary N) is 1. The average Bonchev–Trinajstić information content (AvgIpc) is 2.39. The zero-order chi connectivity index (χ0) is 14.3. The highest BCUT2D eigenvalue weighted by molar-refractivity contribution is 5.97. The summed E-state index contributed by atoms with van der Waals surface area (Å²) in [7, 11) is 1.32. The van der Waals surface area contributed by atoms with Crippen LogP contribution in [0.1, 0.15) is 30.6 Å². The van der Waals surface area contributed by atoms with Gasteiger partial charge in [0.25, 0.3) is 5.91 Å². The van der Waals surface area contributed by atoms with Crippen molar-refractivity contribution in [3.63, 3.8) is 0 Å². The first-order valence-corrected chi connectivity index (χ1v) is 6.18. The summed E-state index contributed by atoms with van der Waals surface area (Å²) in [6.45, 7) is 4.09. The van der Waals surface area contributed by atoms with Crippen molar-refractivity contribution in [1.82, 2.24) is 5.32 Å². The fourth-order valence-electron chi connectivity index (χ4n) is 1.62. The number of methoxy groups -OCH3 is 1. The molecular weight excluding hydrogens is 246 g/mol. The number of rotatable bonds is 6. The first-order valence-electron chi connectivity index (χ1n) is 6.18. The number of benzene rings is 1. The summed E-state index contributed by atoms with van der Waals surface area (Å²) in [5.41, 5.74) is 0.459. The van der Waals surface area contributed by atoms with Crippen molar-refractivity contribution >= 4 is 11.9 Å². The number of esters is 1. The summed E-state index contributed by atoms with van der Waals surface area (Å²) in [4.78, 5) is 23.2. The van der Waals surface area contributed by atoms with Crippen LogP contribution in [0.5, 0.6) is 5.75 Å². The van der Waals surface area contributed by atoms with Crippen LogP contribution in [0.2, 0.25) is 0 Å². The van der Waals surface area contributed by atoms with Crippen LogP contribution in [0.3, 0.4) is 0 Å². The maximum absolute atomic E-state index is 12.1. The van der Waals surface area contributed by atoms with Crippen LogP contribution in [-0.2, 0) is 9.53 Å². The minimum absolute atomic E-state index is 0.138. The summed E-state index contributed by atoms with van der Waals surface area (Å²) >= 11 is 0. The van der Waals surface area contributed by atoms with Crippen molar-refractivity contribution in [1.29, 1.82) is 0 Å². The Kier molecular flexibility index (Phi) is 5.85. The second kappa shape index (κ2) is 7.41. The number of carbonyl (C=O) groups excluding carboxylic acids is 2. The number of hydrogen-bond donors (Lipinski definition) is 1. The smallest absolute Gasteiger partial charge is 0.307 e. The minimum atomic E-state index is -0.356. The fourth-order valence-corrected chi connectivity index (χ4v) is 1.62. The van der Waals surface area contributed by atoms with Crippen LogP contribution in [-0.4, -0.2) is 31.6 Å². The summed E-state index contributed by atoms with van der Waals surface area (Å²) in [6, 6.07) is 6.70. The Balaban J connectivity index is 2.70. The van der Waals surface area contributed by atoms with Crippen LogP contribution in [0, 0.1) is 0 Å². The van der Waals surface area contributed by atoms with Gasteiger partial charge in [-0.2, -0.15) is 0 Å². The molecule has 0 aromatic heterocycles. The third kappa shape index (κ3) is 4.62. The second-order valence-corrected chi connectivity index (χ2v) is 4.08. The molecule has 1 amide bonds. The second-order valence-electron chi connectivity index (χ2n) is 4.08. The van der Waals surface area contributed by atoms with E-state index in [0.29, 0.717) is 17.9 Å². The molecule has 1 aromatic carbocycles. The number of carbonyl (C=O) groups is 2. The van der Waals surface area contributed by atoms with Gasteiger partial charge in [-0.1, -0.05) is 12.1 Å². The first-order chi connectivity index (χ1) is 9.08. The molecule has 1 rings (SSSR count). The number of ether oxygens (including phenoxy) is 2. The van der Waals surface area contributed by atoms with E-state index in [1.54, 1.807) is 31.2 Å². The Labute approximate surface area is 112 Å². The summed E-state index contributed by atoms with van der Waals surface area (Å²) < 4.78 is 9.95. The Morgan fingerprint density at radius 2 is 2.00 bits per heavy atom. The van der Waals surface area contributed by atoms with E-state index in [1.807, 2.05) is 6.92 Å². The molecule has 1 aromatic rings. The van der Waals surface area contributed by atoms with Crippen LogP contribution in [0.15, 0.2) is 24.3 Å². The molecule has 0 aliphatic heterocycles. The van der Waals surface area contributed by atoms with Crippen molar-refractivity contribution < 1.29 is 19.1 Å². The zero-order valence-corrected chi connectivity index (χ0v) is 11.4. The van der Waals surface area contributed by atoms with E-state index in [-0.39, 0.29) is 24.3 Å². The van der Waals surface area contributed by atoms with Gasteiger partial charge in [0.2, 0.25) is 0 Å². The summed E-state index contributed by atoms with van der Waals surface area (Å²) in [5, 5.41) is 2.74. The highest BCUT2D eigenvalue weighted by Gasteiger charge is 2.16. The van der Waals surface area contributed by atoms with Gasteiger partial charge in [-0.15, -0.1) is 0 Å². The van der Waals surface area contributed by atoms with Gasteiger partial charge in [-0.05, 0) is 26.0 Å². The predicted molar refractivity (Wildman–Crippen MR) is 71.2 cm³/mol. The first kappa shape index (κ1) is 15.0. The van der Waals surface area contributed by atoms with Crippen LogP contribution in [0.4, 0.5) is 0 Å². The molecule has 0 aliphatic rings. The summed E-state index contributed by atoms with van der Waals surface area (Å²) in [6.07, 6.45) is 0.138. The van der Waals surface area contributed by atoms with Gasteiger partial charge in [0.05, 0.1) is 25.7 Å². The average molecular weight is 265 g/mol. The molecule has 0 aliphatic carbocycles. The molecule has 0 unspecified atom stereocenters. The van der Waals surface area contributed by atoms with E-state index >= 15 is 0 Å². The third-order valence-corrected chi connectivity index (χ3v) is 2.51. The lowest BCUT2D eigenvalue weighted by Crippen LogP contribution is -2.34. The van der Waals surface area contributed by atoms with Gasteiger partial charge < -0.3 is 14.8 Å². The topological polar surface area (TPSA) is 64.6 Å². The molecule has 0 radical (unpaired) electrons. The molecule has 1 N–H and O–H groups in total. The van der Waals surface area contributed by atoms with Gasteiger partial charge in [0.15, 0.2) is 0 Å². The van der Waals surface area contributed by atoms with Crippen LogP contribution in [0.25, 0.3) is 0 Å². The molecule has 0 heterocycles. The molecule has 0 spiro atoms. The number of amides is 1. The van der Waals surface area contributed by atoms with E-state index < -0.39 is 0 Å². The molecule has 5 nitrogen and oxygen atoms in total. The monoisotopic (exact) mass is 265 g/mol. The molecule has 104 valence electrons. The quantitative estimate of drug-likeness (QED) is 0.796. The van der Waals surface area contributed by atoms with Crippen molar-refractivity contribution in [3.05, 3.63) is 29.8 Å². The molecule has 1 atom stereocenters. The van der Waals surface area contributed by atoms with E-state index in [4.69, 9.17) is 4.74 Å². The molecule has 0 saturated carbocycles. The Bertz CT molecular complexity index is 445. The molecular formula is C14H19NO4. The van der Waals surface area contributed by atoms with Crippen LogP contribution >= 0.6 is 0 Å². The van der Waals surface area contributed by atoms with Gasteiger partial charge in [0, 0.05) is 6.04 Å². The van der Waals surface area contributed by atoms with Gasteiger partial charge in [-0.25, -0.2) is 0 Å². The zero-order valence-electron chi connectivity index (χ0n) is 11.4. The molecule has 19 heavy (non-hydrogen) atoms. The lowest BCUT2D eigenvalue weighted by atomic mass is 10.1. The minimum Gasteiger partial charge on any atom is -0.493 e.